The third kappa shape index (κ3) is 3.48. The molecule has 0 aliphatic heterocycles. The van der Waals surface area contributed by atoms with Gasteiger partial charge in [0.25, 0.3) is 0 Å². The zero-order valence-corrected chi connectivity index (χ0v) is 24.2. The second-order valence-electron chi connectivity index (χ2n) is 11.3. The number of para-hydroxylation sites is 4. The maximum absolute atomic E-state index is 5.46. The molecule has 0 saturated heterocycles. The van der Waals surface area contributed by atoms with Crippen LogP contribution < -0.4 is 0 Å². The van der Waals surface area contributed by atoms with Gasteiger partial charge in [-0.1, -0.05) is 103 Å². The van der Waals surface area contributed by atoms with E-state index in [1.54, 1.807) is 0 Å². The third-order valence-electron chi connectivity index (χ3n) is 8.78. The summed E-state index contributed by atoms with van der Waals surface area (Å²) < 4.78 is 7.11. The molecular formula is C40H28N4. The number of hydrogen-bond donors (Lipinski definition) is 0. The van der Waals surface area contributed by atoms with Crippen LogP contribution in [-0.2, 0) is 0 Å². The van der Waals surface area contributed by atoms with Gasteiger partial charge in [-0.25, -0.2) is 4.98 Å². The zero-order chi connectivity index (χ0) is 29.2. The minimum atomic E-state index is 0.924. The van der Waals surface area contributed by atoms with Crippen LogP contribution in [0, 0.1) is 6.92 Å². The first-order valence-electron chi connectivity index (χ1n) is 15.0. The SMILES string of the molecule is Cc1ccccc1-n1c2ccccc2c2c3c4c(nc(-c5ccccc5)n4-c4ccccc4)n(-c4ccccc4)c3ccc21. The molecule has 3 heterocycles. The lowest BCUT2D eigenvalue weighted by atomic mass is 10.1. The second kappa shape index (κ2) is 9.58. The van der Waals surface area contributed by atoms with Gasteiger partial charge < -0.3 is 4.57 Å². The molecule has 0 N–H and O–H groups in total. The molecule has 3 aromatic heterocycles. The van der Waals surface area contributed by atoms with Crippen molar-refractivity contribution in [1.29, 1.82) is 0 Å². The smallest absolute Gasteiger partial charge is 0.165 e. The van der Waals surface area contributed by atoms with Crippen molar-refractivity contribution in [2.24, 2.45) is 0 Å². The highest BCUT2D eigenvalue weighted by Gasteiger charge is 2.26. The van der Waals surface area contributed by atoms with E-state index in [0.717, 1.165) is 39.4 Å². The lowest BCUT2D eigenvalue weighted by Gasteiger charge is -2.12. The summed E-state index contributed by atoms with van der Waals surface area (Å²) in [5.74, 6) is 0.924. The van der Waals surface area contributed by atoms with Gasteiger partial charge in [-0.15, -0.1) is 0 Å². The molecular weight excluding hydrogens is 536 g/mol. The average Bonchev–Trinajstić information content (AvgIpc) is 3.73. The van der Waals surface area contributed by atoms with Crippen molar-refractivity contribution >= 4 is 43.9 Å². The molecule has 4 heteroatoms. The van der Waals surface area contributed by atoms with E-state index >= 15 is 0 Å². The minimum absolute atomic E-state index is 0.924. The number of hydrogen-bond acceptors (Lipinski definition) is 1. The standard InChI is InChI=1S/C40H28N4/c1-27-15-11-13-23-32(27)44-33-24-14-12-22-31(33)36-34(44)25-26-35-37(36)38-40(42(35)29-18-7-3-8-19-29)41-39(28-16-5-2-6-17-28)43(38)30-20-9-4-10-21-30/h2-26H,1H3. The van der Waals surface area contributed by atoms with Gasteiger partial charge in [0.2, 0.25) is 0 Å². The van der Waals surface area contributed by atoms with Crippen LogP contribution in [0.1, 0.15) is 5.56 Å². The van der Waals surface area contributed by atoms with Crippen molar-refractivity contribution in [2.75, 3.05) is 0 Å². The van der Waals surface area contributed by atoms with Gasteiger partial charge in [-0.2, -0.15) is 0 Å². The summed E-state index contributed by atoms with van der Waals surface area (Å²) in [6, 6.07) is 53.8. The van der Waals surface area contributed by atoms with Gasteiger partial charge in [0.1, 0.15) is 11.3 Å². The summed E-state index contributed by atoms with van der Waals surface area (Å²) in [6.07, 6.45) is 0. The van der Waals surface area contributed by atoms with Gasteiger partial charge >= 0.3 is 0 Å². The molecule has 4 nitrogen and oxygen atoms in total. The first-order chi connectivity index (χ1) is 21.8. The van der Waals surface area contributed by atoms with Crippen molar-refractivity contribution in [3.63, 3.8) is 0 Å². The highest BCUT2D eigenvalue weighted by atomic mass is 15.2. The van der Waals surface area contributed by atoms with Gasteiger partial charge in [0, 0.05) is 38.8 Å². The summed E-state index contributed by atoms with van der Waals surface area (Å²) in [7, 11) is 0. The van der Waals surface area contributed by atoms with Crippen LogP contribution in [0.15, 0.2) is 152 Å². The van der Waals surface area contributed by atoms with Gasteiger partial charge in [0.05, 0.1) is 16.6 Å². The normalized spacial score (nSPS) is 11.8. The van der Waals surface area contributed by atoms with Crippen LogP contribution in [0.5, 0.6) is 0 Å². The maximum atomic E-state index is 5.46. The van der Waals surface area contributed by atoms with Crippen LogP contribution in [-0.4, -0.2) is 18.7 Å². The first kappa shape index (κ1) is 24.7. The Balaban J connectivity index is 1.55. The summed E-state index contributed by atoms with van der Waals surface area (Å²) in [5, 5.41) is 3.66. The fraction of sp³-hybridized carbons (Fsp3) is 0.0250. The number of aryl methyl sites for hydroxylation is 1. The van der Waals surface area contributed by atoms with E-state index in [9.17, 15) is 0 Å². The Morgan fingerprint density at radius 3 is 1.73 bits per heavy atom. The number of rotatable bonds is 4. The highest BCUT2D eigenvalue weighted by molar-refractivity contribution is 6.28. The van der Waals surface area contributed by atoms with Crippen LogP contribution in [0.2, 0.25) is 0 Å². The van der Waals surface area contributed by atoms with E-state index in [0.29, 0.717) is 0 Å². The lowest BCUT2D eigenvalue weighted by molar-refractivity contribution is 1.10. The van der Waals surface area contributed by atoms with E-state index in [1.165, 1.54) is 38.4 Å². The van der Waals surface area contributed by atoms with Gasteiger partial charge in [-0.05, 0) is 61.0 Å². The van der Waals surface area contributed by atoms with E-state index in [-0.39, 0.29) is 0 Å². The second-order valence-corrected chi connectivity index (χ2v) is 11.3. The number of aromatic nitrogens is 4. The molecule has 0 spiro atoms. The van der Waals surface area contributed by atoms with Crippen molar-refractivity contribution < 1.29 is 0 Å². The van der Waals surface area contributed by atoms with Crippen molar-refractivity contribution in [2.45, 2.75) is 6.92 Å². The molecule has 0 saturated carbocycles. The van der Waals surface area contributed by atoms with Crippen LogP contribution in [0.4, 0.5) is 0 Å². The quantitative estimate of drug-likeness (QED) is 0.209. The molecule has 0 unspecified atom stereocenters. The molecule has 0 fully saturated rings. The van der Waals surface area contributed by atoms with E-state index in [2.05, 4.69) is 172 Å². The molecule has 208 valence electrons. The summed E-state index contributed by atoms with van der Waals surface area (Å²) >= 11 is 0. The van der Waals surface area contributed by atoms with Crippen LogP contribution >= 0.6 is 0 Å². The number of fused-ring (bicyclic) bond motifs is 7. The van der Waals surface area contributed by atoms with Crippen LogP contribution in [0.3, 0.4) is 0 Å². The first-order valence-corrected chi connectivity index (χ1v) is 15.0. The number of imidazole rings is 1. The number of nitrogens with zero attached hydrogens (tertiary/aromatic N) is 4. The van der Waals surface area contributed by atoms with Crippen LogP contribution in [0.25, 0.3) is 72.3 Å². The molecule has 0 atom stereocenters. The van der Waals surface area contributed by atoms with Crippen molar-refractivity contribution in [3.8, 4) is 28.5 Å². The summed E-state index contributed by atoms with van der Waals surface area (Å²) in [4.78, 5) is 5.46. The van der Waals surface area contributed by atoms with E-state index in [4.69, 9.17) is 4.98 Å². The fourth-order valence-corrected chi connectivity index (χ4v) is 6.90. The van der Waals surface area contributed by atoms with Crippen molar-refractivity contribution in [3.05, 3.63) is 157 Å². The fourth-order valence-electron chi connectivity index (χ4n) is 6.90. The Morgan fingerprint density at radius 1 is 0.455 bits per heavy atom. The van der Waals surface area contributed by atoms with Crippen molar-refractivity contribution in [1.82, 2.24) is 18.7 Å². The average molecular weight is 565 g/mol. The van der Waals surface area contributed by atoms with Gasteiger partial charge in [0.15, 0.2) is 5.65 Å². The largest absolute Gasteiger partial charge is 0.309 e. The maximum Gasteiger partial charge on any atom is 0.165 e. The predicted molar refractivity (Wildman–Crippen MR) is 182 cm³/mol. The lowest BCUT2D eigenvalue weighted by Crippen LogP contribution is -1.98. The molecule has 9 aromatic rings. The van der Waals surface area contributed by atoms with E-state index in [1.807, 2.05) is 0 Å². The Hall–Kier alpha value is -5.87. The van der Waals surface area contributed by atoms with Gasteiger partial charge in [-0.3, -0.25) is 9.13 Å². The molecule has 0 bridgehead atoms. The predicted octanol–water partition coefficient (Wildman–Crippen LogP) is 10.0. The number of benzene rings is 6. The molecule has 0 aliphatic carbocycles. The van der Waals surface area contributed by atoms with E-state index < -0.39 is 0 Å². The summed E-state index contributed by atoms with van der Waals surface area (Å²) in [5.41, 5.74) is 11.2. The molecule has 6 aromatic carbocycles. The Morgan fingerprint density at radius 2 is 1.02 bits per heavy atom. The third-order valence-corrected chi connectivity index (χ3v) is 8.78. The highest BCUT2D eigenvalue weighted by Crippen LogP contribution is 2.44. The molecule has 0 aliphatic rings. The minimum Gasteiger partial charge on any atom is -0.309 e. The summed E-state index contributed by atoms with van der Waals surface area (Å²) in [6.45, 7) is 2.19. The Bertz CT molecular complexity index is 2480. The molecule has 9 rings (SSSR count). The topological polar surface area (TPSA) is 27.7 Å². The zero-order valence-electron chi connectivity index (χ0n) is 24.2. The Labute approximate surface area is 254 Å². The molecule has 0 amide bonds. The molecule has 44 heavy (non-hydrogen) atoms. The monoisotopic (exact) mass is 564 g/mol. The molecule has 0 radical (unpaired) electrons. The Kier molecular flexibility index (Phi) is 5.38.